The molecule has 0 bridgehead atoms. The molecule has 0 aliphatic carbocycles. The maximum absolute atomic E-state index is 11.3. The second-order valence-electron chi connectivity index (χ2n) is 4.28. The summed E-state index contributed by atoms with van der Waals surface area (Å²) in [5.41, 5.74) is -0.152. The molecular formula is C11H16N6O3. The smallest absolute Gasteiger partial charge is 0.329 e. The van der Waals surface area contributed by atoms with E-state index in [0.717, 1.165) is 0 Å². The van der Waals surface area contributed by atoms with Crippen LogP contribution in [0.15, 0.2) is 6.20 Å². The highest BCUT2D eigenvalue weighted by Gasteiger charge is 2.24. The molecule has 2 rings (SSSR count). The largest absolute Gasteiger partial charge is 0.354 e. The van der Waals surface area contributed by atoms with E-state index in [1.807, 2.05) is 6.92 Å². The van der Waals surface area contributed by atoms with Crippen LogP contribution in [0.2, 0.25) is 0 Å². The lowest BCUT2D eigenvalue weighted by atomic mass is 10.3. The number of hydrogen-bond acceptors (Lipinski definition) is 7. The van der Waals surface area contributed by atoms with E-state index in [4.69, 9.17) is 0 Å². The third-order valence-corrected chi connectivity index (χ3v) is 2.89. The zero-order valence-electron chi connectivity index (χ0n) is 11.1. The first-order valence-corrected chi connectivity index (χ1v) is 6.38. The zero-order chi connectivity index (χ0) is 14.5. The van der Waals surface area contributed by atoms with Crippen LogP contribution in [-0.2, 0) is 4.79 Å². The Labute approximate surface area is 115 Å². The number of nitrogens with zero attached hydrogens (tertiary/aromatic N) is 4. The number of aromatic nitrogens is 2. The third-order valence-electron chi connectivity index (χ3n) is 2.89. The molecule has 0 unspecified atom stereocenters. The van der Waals surface area contributed by atoms with Gasteiger partial charge in [0.05, 0.1) is 4.92 Å². The fourth-order valence-corrected chi connectivity index (χ4v) is 1.95. The van der Waals surface area contributed by atoms with Gasteiger partial charge in [-0.3, -0.25) is 14.9 Å². The number of nitrogens with one attached hydrogen (secondary N) is 2. The molecule has 0 saturated carbocycles. The summed E-state index contributed by atoms with van der Waals surface area (Å²) in [4.78, 5) is 31.7. The van der Waals surface area contributed by atoms with E-state index >= 15 is 0 Å². The molecule has 1 aromatic rings. The summed E-state index contributed by atoms with van der Waals surface area (Å²) in [6, 6.07) is 0. The highest BCUT2D eigenvalue weighted by molar-refractivity contribution is 5.77. The third kappa shape index (κ3) is 3.11. The molecule has 9 nitrogen and oxygen atoms in total. The SMILES string of the molecule is CCNc1ncc([N+](=O)[O-])c(N2CCNC(=O)CC2)n1. The Morgan fingerprint density at radius 3 is 3.05 bits per heavy atom. The average Bonchev–Trinajstić information content (AvgIpc) is 2.63. The fourth-order valence-electron chi connectivity index (χ4n) is 1.95. The van der Waals surface area contributed by atoms with Crippen LogP contribution in [0.3, 0.4) is 0 Å². The monoisotopic (exact) mass is 280 g/mol. The number of rotatable bonds is 4. The summed E-state index contributed by atoms with van der Waals surface area (Å²) < 4.78 is 0. The molecule has 0 spiro atoms. The van der Waals surface area contributed by atoms with Crippen LogP contribution in [0.4, 0.5) is 17.5 Å². The minimum atomic E-state index is -0.509. The van der Waals surface area contributed by atoms with Crippen molar-refractivity contribution in [1.29, 1.82) is 0 Å². The van der Waals surface area contributed by atoms with Crippen molar-refractivity contribution in [3.8, 4) is 0 Å². The first-order chi connectivity index (χ1) is 9.61. The van der Waals surface area contributed by atoms with E-state index in [-0.39, 0.29) is 23.8 Å². The molecule has 0 atom stereocenters. The van der Waals surface area contributed by atoms with E-state index in [0.29, 0.717) is 32.1 Å². The first-order valence-electron chi connectivity index (χ1n) is 6.38. The molecule has 1 aliphatic rings. The maximum Gasteiger partial charge on any atom is 0.329 e. The predicted molar refractivity (Wildman–Crippen MR) is 72.7 cm³/mol. The summed E-state index contributed by atoms with van der Waals surface area (Å²) >= 11 is 0. The van der Waals surface area contributed by atoms with Crippen LogP contribution in [0.25, 0.3) is 0 Å². The molecule has 1 aromatic heterocycles. The van der Waals surface area contributed by atoms with Gasteiger partial charge in [0.15, 0.2) is 0 Å². The number of hydrogen-bond donors (Lipinski definition) is 2. The molecule has 1 aliphatic heterocycles. The van der Waals surface area contributed by atoms with Crippen molar-refractivity contribution in [3.63, 3.8) is 0 Å². The number of carbonyl (C=O) groups is 1. The Hall–Kier alpha value is -2.45. The Balaban J connectivity index is 2.33. The summed E-state index contributed by atoms with van der Waals surface area (Å²) in [5.74, 6) is 0.533. The molecule has 1 saturated heterocycles. The van der Waals surface area contributed by atoms with Crippen LogP contribution in [0.5, 0.6) is 0 Å². The Kier molecular flexibility index (Phi) is 4.28. The molecule has 0 radical (unpaired) electrons. The van der Waals surface area contributed by atoms with E-state index < -0.39 is 4.92 Å². The van der Waals surface area contributed by atoms with Crippen LogP contribution in [0.1, 0.15) is 13.3 Å². The highest BCUT2D eigenvalue weighted by atomic mass is 16.6. The molecule has 9 heteroatoms. The van der Waals surface area contributed by atoms with E-state index in [9.17, 15) is 14.9 Å². The molecule has 1 fully saturated rings. The van der Waals surface area contributed by atoms with Crippen molar-refractivity contribution in [2.75, 3.05) is 36.4 Å². The number of carbonyl (C=O) groups excluding carboxylic acids is 1. The maximum atomic E-state index is 11.3. The second kappa shape index (κ2) is 6.13. The minimum Gasteiger partial charge on any atom is -0.354 e. The van der Waals surface area contributed by atoms with E-state index in [1.54, 1.807) is 4.90 Å². The van der Waals surface area contributed by atoms with Crippen LogP contribution >= 0.6 is 0 Å². The lowest BCUT2D eigenvalue weighted by Gasteiger charge is -2.20. The van der Waals surface area contributed by atoms with Gasteiger partial charge in [0.2, 0.25) is 17.7 Å². The van der Waals surface area contributed by atoms with Crippen molar-refractivity contribution in [3.05, 3.63) is 16.3 Å². The van der Waals surface area contributed by atoms with Crippen LogP contribution in [-0.4, -0.2) is 47.0 Å². The van der Waals surface area contributed by atoms with Gasteiger partial charge in [-0.15, -0.1) is 0 Å². The zero-order valence-corrected chi connectivity index (χ0v) is 11.1. The van der Waals surface area contributed by atoms with Gasteiger partial charge in [0.25, 0.3) is 0 Å². The number of anilines is 2. The molecule has 20 heavy (non-hydrogen) atoms. The summed E-state index contributed by atoms with van der Waals surface area (Å²) in [6.07, 6.45) is 1.48. The predicted octanol–water partition coefficient (Wildman–Crippen LogP) is 0.143. The molecule has 108 valence electrons. The highest BCUT2D eigenvalue weighted by Crippen LogP contribution is 2.26. The fraction of sp³-hybridized carbons (Fsp3) is 0.545. The van der Waals surface area contributed by atoms with Crippen molar-refractivity contribution in [1.82, 2.24) is 15.3 Å². The van der Waals surface area contributed by atoms with E-state index in [2.05, 4.69) is 20.6 Å². The topological polar surface area (TPSA) is 113 Å². The standard InChI is InChI=1S/C11H16N6O3/c1-2-12-11-14-7-8(17(19)20)10(15-11)16-5-3-9(18)13-4-6-16/h7H,2-6H2,1H3,(H,13,18)(H,12,14,15). The molecule has 0 aromatic carbocycles. The Morgan fingerprint density at radius 2 is 2.35 bits per heavy atom. The normalized spacial score (nSPS) is 15.4. The molecule has 2 heterocycles. The number of amides is 1. The summed E-state index contributed by atoms with van der Waals surface area (Å²) in [6.45, 7) is 3.83. The van der Waals surface area contributed by atoms with Crippen molar-refractivity contribution >= 4 is 23.4 Å². The van der Waals surface area contributed by atoms with Crippen LogP contribution < -0.4 is 15.5 Å². The van der Waals surface area contributed by atoms with Crippen molar-refractivity contribution in [2.45, 2.75) is 13.3 Å². The van der Waals surface area contributed by atoms with Gasteiger partial charge in [-0.1, -0.05) is 0 Å². The number of nitro groups is 1. The van der Waals surface area contributed by atoms with Crippen molar-refractivity contribution < 1.29 is 9.72 Å². The molecule has 1 amide bonds. The van der Waals surface area contributed by atoms with Gasteiger partial charge in [-0.2, -0.15) is 4.98 Å². The van der Waals surface area contributed by atoms with Gasteiger partial charge in [0, 0.05) is 32.6 Å². The van der Waals surface area contributed by atoms with Gasteiger partial charge >= 0.3 is 5.69 Å². The minimum absolute atomic E-state index is 0.0592. The second-order valence-corrected chi connectivity index (χ2v) is 4.28. The quantitative estimate of drug-likeness (QED) is 0.595. The van der Waals surface area contributed by atoms with Gasteiger partial charge in [-0.05, 0) is 6.92 Å². The van der Waals surface area contributed by atoms with Gasteiger partial charge in [0.1, 0.15) is 6.20 Å². The lowest BCUT2D eigenvalue weighted by Crippen LogP contribution is -2.30. The van der Waals surface area contributed by atoms with E-state index in [1.165, 1.54) is 6.20 Å². The van der Waals surface area contributed by atoms with Gasteiger partial charge in [-0.25, -0.2) is 4.98 Å². The average molecular weight is 280 g/mol. The first kappa shape index (κ1) is 14.0. The van der Waals surface area contributed by atoms with Gasteiger partial charge < -0.3 is 15.5 Å². The van der Waals surface area contributed by atoms with Crippen molar-refractivity contribution in [2.24, 2.45) is 0 Å². The molecule has 2 N–H and O–H groups in total. The summed E-state index contributed by atoms with van der Waals surface area (Å²) in [5, 5.41) is 16.7. The Bertz CT molecular complexity index is 521. The Morgan fingerprint density at radius 1 is 1.55 bits per heavy atom. The van der Waals surface area contributed by atoms with Crippen LogP contribution in [0, 0.1) is 10.1 Å². The lowest BCUT2D eigenvalue weighted by molar-refractivity contribution is -0.384. The summed E-state index contributed by atoms with van der Waals surface area (Å²) in [7, 11) is 0. The molecular weight excluding hydrogens is 264 g/mol.